The lowest BCUT2D eigenvalue weighted by Gasteiger charge is -2.20. The van der Waals surface area contributed by atoms with E-state index in [-0.39, 0.29) is 0 Å². The van der Waals surface area contributed by atoms with E-state index in [9.17, 15) is 4.79 Å². The van der Waals surface area contributed by atoms with Gasteiger partial charge in [0.2, 0.25) is 0 Å². The van der Waals surface area contributed by atoms with Crippen LogP contribution in [0.3, 0.4) is 0 Å². The van der Waals surface area contributed by atoms with Gasteiger partial charge in [-0.1, -0.05) is 0 Å². The number of aromatic amines is 1. The van der Waals surface area contributed by atoms with Crippen molar-refractivity contribution in [1.82, 2.24) is 15.2 Å². The molecule has 0 aliphatic heterocycles. The first-order valence-corrected chi connectivity index (χ1v) is 5.33. The standard InChI is InChI=1S/C11H19N3O2/c1-12-10(11(15)16)8-14(2)6-4-9-3-5-13-7-9/h3,5,7,10,12-13H,4,6,8H2,1-2H3,(H,15,16). The van der Waals surface area contributed by atoms with Gasteiger partial charge >= 0.3 is 5.97 Å². The average Bonchev–Trinajstić information content (AvgIpc) is 2.75. The topological polar surface area (TPSA) is 68.4 Å². The summed E-state index contributed by atoms with van der Waals surface area (Å²) in [7, 11) is 3.60. The van der Waals surface area contributed by atoms with Crippen molar-refractivity contribution >= 4 is 5.97 Å². The SMILES string of the molecule is CNC(CN(C)CCc1cc[nH]c1)C(=O)O. The molecule has 5 nitrogen and oxygen atoms in total. The van der Waals surface area contributed by atoms with Crippen LogP contribution in [0.15, 0.2) is 18.5 Å². The Morgan fingerprint density at radius 2 is 2.44 bits per heavy atom. The van der Waals surface area contributed by atoms with Gasteiger partial charge in [-0.2, -0.15) is 0 Å². The average molecular weight is 225 g/mol. The van der Waals surface area contributed by atoms with Gasteiger partial charge in [-0.15, -0.1) is 0 Å². The molecular formula is C11H19N3O2. The lowest BCUT2D eigenvalue weighted by Crippen LogP contribution is -2.43. The summed E-state index contributed by atoms with van der Waals surface area (Å²) in [5, 5.41) is 11.7. The van der Waals surface area contributed by atoms with Crippen LogP contribution < -0.4 is 5.32 Å². The van der Waals surface area contributed by atoms with Crippen molar-refractivity contribution in [1.29, 1.82) is 0 Å². The van der Waals surface area contributed by atoms with Gasteiger partial charge < -0.3 is 20.3 Å². The molecule has 0 saturated carbocycles. The van der Waals surface area contributed by atoms with Gasteiger partial charge in [-0.25, -0.2) is 0 Å². The van der Waals surface area contributed by atoms with Crippen LogP contribution in [0.4, 0.5) is 0 Å². The molecule has 1 heterocycles. The van der Waals surface area contributed by atoms with Crippen LogP contribution in [0.2, 0.25) is 0 Å². The van der Waals surface area contributed by atoms with Crippen LogP contribution in [-0.2, 0) is 11.2 Å². The highest BCUT2D eigenvalue weighted by atomic mass is 16.4. The van der Waals surface area contributed by atoms with Crippen molar-refractivity contribution in [2.45, 2.75) is 12.5 Å². The molecule has 0 saturated heterocycles. The fourth-order valence-electron chi connectivity index (χ4n) is 1.53. The van der Waals surface area contributed by atoms with Gasteiger partial charge in [0.15, 0.2) is 0 Å². The molecule has 0 fully saturated rings. The predicted octanol–water partition coefficient (Wildman–Crippen LogP) is 0.162. The highest BCUT2D eigenvalue weighted by Gasteiger charge is 2.16. The minimum absolute atomic E-state index is 0.503. The lowest BCUT2D eigenvalue weighted by atomic mass is 10.2. The first-order chi connectivity index (χ1) is 7.63. The molecule has 0 aromatic carbocycles. The zero-order valence-electron chi connectivity index (χ0n) is 9.73. The third-order valence-corrected chi connectivity index (χ3v) is 2.59. The molecule has 1 aromatic heterocycles. The molecule has 0 spiro atoms. The van der Waals surface area contributed by atoms with Gasteiger partial charge in [0, 0.05) is 25.5 Å². The van der Waals surface area contributed by atoms with E-state index in [2.05, 4.69) is 10.3 Å². The zero-order chi connectivity index (χ0) is 12.0. The molecule has 3 N–H and O–H groups in total. The van der Waals surface area contributed by atoms with E-state index in [1.807, 2.05) is 30.4 Å². The van der Waals surface area contributed by atoms with Crippen LogP contribution in [0.5, 0.6) is 0 Å². The summed E-state index contributed by atoms with van der Waals surface area (Å²) in [5.41, 5.74) is 1.24. The molecule has 16 heavy (non-hydrogen) atoms. The van der Waals surface area contributed by atoms with Crippen LogP contribution in [0.1, 0.15) is 5.56 Å². The van der Waals surface area contributed by atoms with E-state index in [0.29, 0.717) is 6.54 Å². The third kappa shape index (κ3) is 4.04. The fourth-order valence-corrected chi connectivity index (χ4v) is 1.53. The van der Waals surface area contributed by atoms with Gasteiger partial charge in [0.1, 0.15) is 6.04 Å². The summed E-state index contributed by atoms with van der Waals surface area (Å²) in [6, 6.07) is 1.52. The number of likely N-dealkylation sites (N-methyl/N-ethyl adjacent to an activating group) is 2. The maximum atomic E-state index is 10.8. The number of hydrogen-bond acceptors (Lipinski definition) is 3. The van der Waals surface area contributed by atoms with Gasteiger partial charge in [-0.3, -0.25) is 4.79 Å². The van der Waals surface area contributed by atoms with Crippen molar-refractivity contribution in [3.63, 3.8) is 0 Å². The van der Waals surface area contributed by atoms with Crippen molar-refractivity contribution in [2.75, 3.05) is 27.2 Å². The predicted molar refractivity (Wildman–Crippen MR) is 62.5 cm³/mol. The quantitative estimate of drug-likeness (QED) is 0.618. The van der Waals surface area contributed by atoms with Crippen molar-refractivity contribution in [3.05, 3.63) is 24.0 Å². The minimum Gasteiger partial charge on any atom is -0.480 e. The summed E-state index contributed by atoms with van der Waals surface area (Å²) >= 11 is 0. The Morgan fingerprint density at radius 1 is 1.69 bits per heavy atom. The summed E-state index contributed by atoms with van der Waals surface area (Å²) < 4.78 is 0. The number of nitrogens with one attached hydrogen (secondary N) is 2. The normalized spacial score (nSPS) is 12.9. The summed E-state index contributed by atoms with van der Waals surface area (Å²) in [4.78, 5) is 15.8. The van der Waals surface area contributed by atoms with Gasteiger partial charge in [0.25, 0.3) is 0 Å². The minimum atomic E-state index is -0.809. The van der Waals surface area contributed by atoms with E-state index in [1.54, 1.807) is 7.05 Å². The first-order valence-electron chi connectivity index (χ1n) is 5.33. The molecule has 90 valence electrons. The molecule has 1 atom stereocenters. The number of nitrogens with zero attached hydrogens (tertiary/aromatic N) is 1. The molecular weight excluding hydrogens is 206 g/mol. The Hall–Kier alpha value is -1.33. The number of carboxylic acids is 1. The molecule has 0 bridgehead atoms. The van der Waals surface area contributed by atoms with Crippen LogP contribution in [-0.4, -0.2) is 54.2 Å². The second-order valence-electron chi connectivity index (χ2n) is 3.91. The second-order valence-corrected chi connectivity index (χ2v) is 3.91. The van der Waals surface area contributed by atoms with E-state index >= 15 is 0 Å². The van der Waals surface area contributed by atoms with E-state index in [0.717, 1.165) is 13.0 Å². The molecule has 5 heteroatoms. The second kappa shape index (κ2) is 6.30. The fraction of sp³-hybridized carbons (Fsp3) is 0.545. The van der Waals surface area contributed by atoms with Crippen molar-refractivity contribution in [2.24, 2.45) is 0 Å². The van der Waals surface area contributed by atoms with E-state index in [4.69, 9.17) is 5.11 Å². The third-order valence-electron chi connectivity index (χ3n) is 2.59. The summed E-state index contributed by atoms with van der Waals surface area (Å²) in [6.07, 6.45) is 4.78. The molecule has 1 rings (SSSR count). The Kier molecular flexibility index (Phi) is 5.01. The monoisotopic (exact) mass is 225 g/mol. The van der Waals surface area contributed by atoms with Crippen molar-refractivity contribution < 1.29 is 9.90 Å². The van der Waals surface area contributed by atoms with Crippen molar-refractivity contribution in [3.8, 4) is 0 Å². The highest BCUT2D eigenvalue weighted by molar-refractivity contribution is 5.73. The molecule has 1 aromatic rings. The highest BCUT2D eigenvalue weighted by Crippen LogP contribution is 1.99. The largest absolute Gasteiger partial charge is 0.480 e. The Balaban J connectivity index is 2.29. The van der Waals surface area contributed by atoms with Crippen LogP contribution in [0.25, 0.3) is 0 Å². The Labute approximate surface area is 95.5 Å². The number of carboxylic acid groups (broad SMARTS) is 1. The number of hydrogen-bond donors (Lipinski definition) is 3. The number of H-pyrrole nitrogens is 1. The zero-order valence-corrected chi connectivity index (χ0v) is 9.73. The summed E-state index contributed by atoms with van der Waals surface area (Å²) in [5.74, 6) is -0.809. The van der Waals surface area contributed by atoms with Crippen LogP contribution >= 0.6 is 0 Å². The van der Waals surface area contributed by atoms with E-state index < -0.39 is 12.0 Å². The first kappa shape index (κ1) is 12.7. The number of carbonyl (C=O) groups is 1. The molecule has 0 radical (unpaired) electrons. The van der Waals surface area contributed by atoms with Gasteiger partial charge in [0.05, 0.1) is 0 Å². The van der Waals surface area contributed by atoms with Gasteiger partial charge in [-0.05, 0) is 32.1 Å². The lowest BCUT2D eigenvalue weighted by molar-refractivity contribution is -0.139. The number of aromatic nitrogens is 1. The van der Waals surface area contributed by atoms with Crippen LogP contribution in [0, 0.1) is 0 Å². The number of aliphatic carboxylic acids is 1. The number of rotatable bonds is 7. The molecule has 0 aliphatic carbocycles. The molecule has 0 amide bonds. The Bertz CT molecular complexity index is 311. The maximum Gasteiger partial charge on any atom is 0.322 e. The van der Waals surface area contributed by atoms with E-state index in [1.165, 1.54) is 5.56 Å². The smallest absolute Gasteiger partial charge is 0.322 e. The summed E-state index contributed by atoms with van der Waals surface area (Å²) in [6.45, 7) is 1.36. The molecule has 0 aliphatic rings. The Morgan fingerprint density at radius 3 is 2.94 bits per heavy atom. The maximum absolute atomic E-state index is 10.8. The molecule has 1 unspecified atom stereocenters.